The summed E-state index contributed by atoms with van der Waals surface area (Å²) in [7, 11) is 0. The number of nitrogens with two attached hydrogens (primary N) is 1. The highest BCUT2D eigenvalue weighted by molar-refractivity contribution is 14.1. The third kappa shape index (κ3) is 2.35. The Bertz CT molecular complexity index is 757. The number of anilines is 3. The quantitative estimate of drug-likeness (QED) is 0.531. The van der Waals surface area contributed by atoms with Crippen LogP contribution >= 0.6 is 22.6 Å². The number of nitrogens with one attached hydrogen (secondary N) is 1. The van der Waals surface area contributed by atoms with Gasteiger partial charge in [0.1, 0.15) is 11.3 Å². The summed E-state index contributed by atoms with van der Waals surface area (Å²) in [4.78, 5) is 4.27. The van der Waals surface area contributed by atoms with Crippen molar-refractivity contribution in [3.63, 3.8) is 0 Å². The van der Waals surface area contributed by atoms with Crippen molar-refractivity contribution in [2.75, 3.05) is 11.1 Å². The maximum absolute atomic E-state index is 13.0. The van der Waals surface area contributed by atoms with E-state index in [-0.39, 0.29) is 5.82 Å². The molecule has 0 amide bonds. The molecule has 1 heterocycles. The van der Waals surface area contributed by atoms with E-state index in [4.69, 9.17) is 10.2 Å². The maximum atomic E-state index is 13.0. The van der Waals surface area contributed by atoms with Gasteiger partial charge in [-0.25, -0.2) is 4.39 Å². The molecular weight excluding hydrogens is 360 g/mol. The highest BCUT2D eigenvalue weighted by Gasteiger charge is 2.09. The Hall–Kier alpha value is -1.83. The molecule has 2 aromatic carbocycles. The lowest BCUT2D eigenvalue weighted by Crippen LogP contribution is -1.93. The van der Waals surface area contributed by atoms with E-state index in [2.05, 4.69) is 10.3 Å². The fourth-order valence-corrected chi connectivity index (χ4v) is 2.34. The summed E-state index contributed by atoms with van der Waals surface area (Å²) in [5, 5.41) is 3.01. The van der Waals surface area contributed by atoms with Crippen molar-refractivity contribution in [2.24, 2.45) is 0 Å². The topological polar surface area (TPSA) is 64.1 Å². The second kappa shape index (κ2) is 4.69. The van der Waals surface area contributed by atoms with Crippen molar-refractivity contribution >= 4 is 51.1 Å². The molecule has 0 atom stereocenters. The standard InChI is InChI=1S/C13H9FIN3O/c14-7-4-5-10(8(15)6-7)17-13-18-12-9(16)2-1-3-11(12)19-13/h1-6H,16H2,(H,17,18). The minimum Gasteiger partial charge on any atom is -0.423 e. The van der Waals surface area contributed by atoms with Crippen LogP contribution in [0.2, 0.25) is 0 Å². The third-order valence-electron chi connectivity index (χ3n) is 2.62. The van der Waals surface area contributed by atoms with Crippen molar-refractivity contribution in [3.8, 4) is 0 Å². The molecule has 0 aliphatic rings. The summed E-state index contributed by atoms with van der Waals surface area (Å²) >= 11 is 2.04. The van der Waals surface area contributed by atoms with Crippen LogP contribution in [0.3, 0.4) is 0 Å². The van der Waals surface area contributed by atoms with Crippen LogP contribution in [0, 0.1) is 9.39 Å². The minimum atomic E-state index is -0.281. The number of para-hydroxylation sites is 1. The first-order valence-corrected chi connectivity index (χ1v) is 6.58. The van der Waals surface area contributed by atoms with E-state index < -0.39 is 0 Å². The second-order valence-electron chi connectivity index (χ2n) is 3.96. The number of benzene rings is 2. The molecule has 96 valence electrons. The highest BCUT2D eigenvalue weighted by Crippen LogP contribution is 2.27. The van der Waals surface area contributed by atoms with Gasteiger partial charge in [0.05, 0.1) is 11.4 Å². The number of hydrogen-bond donors (Lipinski definition) is 2. The van der Waals surface area contributed by atoms with Gasteiger partial charge in [0.25, 0.3) is 6.01 Å². The number of nitrogen functional groups attached to an aromatic ring is 1. The summed E-state index contributed by atoms with van der Waals surface area (Å²) in [6.07, 6.45) is 0. The number of fused-ring (bicyclic) bond motifs is 1. The van der Waals surface area contributed by atoms with Crippen LogP contribution in [0.5, 0.6) is 0 Å². The molecule has 0 spiro atoms. The second-order valence-corrected chi connectivity index (χ2v) is 5.12. The molecule has 0 aliphatic carbocycles. The van der Waals surface area contributed by atoms with E-state index >= 15 is 0 Å². The smallest absolute Gasteiger partial charge is 0.300 e. The first-order valence-electron chi connectivity index (χ1n) is 5.50. The Kier molecular flexibility index (Phi) is 3.02. The fraction of sp³-hybridized carbons (Fsp3) is 0. The van der Waals surface area contributed by atoms with Gasteiger partial charge in [-0.1, -0.05) is 6.07 Å². The molecule has 0 aliphatic heterocycles. The zero-order valence-electron chi connectivity index (χ0n) is 9.65. The Morgan fingerprint density at radius 2 is 2.11 bits per heavy atom. The molecule has 0 unspecified atom stereocenters. The van der Waals surface area contributed by atoms with E-state index in [1.807, 2.05) is 22.6 Å². The summed E-state index contributed by atoms with van der Waals surface area (Å²) in [6.45, 7) is 0. The van der Waals surface area contributed by atoms with Crippen LogP contribution in [-0.2, 0) is 0 Å². The zero-order valence-corrected chi connectivity index (χ0v) is 11.8. The molecule has 0 radical (unpaired) electrons. The van der Waals surface area contributed by atoms with E-state index in [1.165, 1.54) is 12.1 Å². The lowest BCUT2D eigenvalue weighted by atomic mass is 10.3. The van der Waals surface area contributed by atoms with Crippen LogP contribution in [0.4, 0.5) is 21.8 Å². The van der Waals surface area contributed by atoms with Crippen LogP contribution in [0.25, 0.3) is 11.1 Å². The summed E-state index contributed by atoms with van der Waals surface area (Å²) in [5.41, 5.74) is 8.32. The molecule has 3 aromatic rings. The predicted molar refractivity (Wildman–Crippen MR) is 80.8 cm³/mol. The van der Waals surface area contributed by atoms with Crippen molar-refractivity contribution in [2.45, 2.75) is 0 Å². The van der Waals surface area contributed by atoms with E-state index in [9.17, 15) is 4.39 Å². The van der Waals surface area contributed by atoms with Crippen molar-refractivity contribution in [3.05, 3.63) is 45.8 Å². The van der Waals surface area contributed by atoms with Crippen LogP contribution < -0.4 is 11.1 Å². The summed E-state index contributed by atoms with van der Waals surface area (Å²) in [5.74, 6) is -0.281. The Labute approximate surface area is 122 Å². The Balaban J connectivity index is 1.99. The molecule has 19 heavy (non-hydrogen) atoms. The number of halogens is 2. The van der Waals surface area contributed by atoms with Gasteiger partial charge in [0.15, 0.2) is 5.58 Å². The van der Waals surface area contributed by atoms with Crippen LogP contribution in [0.15, 0.2) is 40.8 Å². The van der Waals surface area contributed by atoms with E-state index in [1.54, 1.807) is 24.3 Å². The molecule has 6 heteroatoms. The first-order chi connectivity index (χ1) is 9.13. The summed E-state index contributed by atoms with van der Waals surface area (Å²) in [6, 6.07) is 10.1. The van der Waals surface area contributed by atoms with Gasteiger partial charge in [0, 0.05) is 3.57 Å². The van der Waals surface area contributed by atoms with E-state index in [0.717, 1.165) is 9.26 Å². The molecule has 1 aromatic heterocycles. The predicted octanol–water partition coefficient (Wildman–Crippen LogP) is 3.90. The molecule has 3 rings (SSSR count). The van der Waals surface area contributed by atoms with Crippen molar-refractivity contribution in [1.82, 2.24) is 4.98 Å². The SMILES string of the molecule is Nc1cccc2oc(Nc3ccc(F)cc3I)nc12. The Morgan fingerprint density at radius 3 is 2.84 bits per heavy atom. The Morgan fingerprint density at radius 1 is 1.26 bits per heavy atom. The number of rotatable bonds is 2. The molecule has 0 fully saturated rings. The lowest BCUT2D eigenvalue weighted by Gasteiger charge is -2.03. The molecule has 3 N–H and O–H groups in total. The minimum absolute atomic E-state index is 0.281. The average Bonchev–Trinajstić information content (AvgIpc) is 2.77. The number of oxazole rings is 1. The van der Waals surface area contributed by atoms with Gasteiger partial charge < -0.3 is 15.5 Å². The maximum Gasteiger partial charge on any atom is 0.300 e. The number of hydrogen-bond acceptors (Lipinski definition) is 4. The van der Waals surface area contributed by atoms with Crippen LogP contribution in [0.1, 0.15) is 0 Å². The molecular formula is C13H9FIN3O. The lowest BCUT2D eigenvalue weighted by molar-refractivity contribution is 0.620. The van der Waals surface area contributed by atoms with Gasteiger partial charge in [0.2, 0.25) is 0 Å². The van der Waals surface area contributed by atoms with Crippen molar-refractivity contribution < 1.29 is 8.81 Å². The molecule has 0 saturated heterocycles. The highest BCUT2D eigenvalue weighted by atomic mass is 127. The van der Waals surface area contributed by atoms with Gasteiger partial charge in [-0.05, 0) is 52.9 Å². The average molecular weight is 369 g/mol. The molecule has 0 bridgehead atoms. The zero-order chi connectivity index (χ0) is 13.4. The van der Waals surface area contributed by atoms with Gasteiger partial charge in [-0.2, -0.15) is 4.98 Å². The van der Waals surface area contributed by atoms with Gasteiger partial charge in [-0.3, -0.25) is 0 Å². The van der Waals surface area contributed by atoms with Gasteiger partial charge in [-0.15, -0.1) is 0 Å². The van der Waals surface area contributed by atoms with Gasteiger partial charge >= 0.3 is 0 Å². The number of aromatic nitrogens is 1. The monoisotopic (exact) mass is 369 g/mol. The molecule has 4 nitrogen and oxygen atoms in total. The fourth-order valence-electron chi connectivity index (χ4n) is 1.73. The number of nitrogens with zero attached hydrogens (tertiary/aromatic N) is 1. The third-order valence-corrected chi connectivity index (χ3v) is 3.52. The largest absolute Gasteiger partial charge is 0.423 e. The van der Waals surface area contributed by atoms with Crippen LogP contribution in [-0.4, -0.2) is 4.98 Å². The first kappa shape index (κ1) is 12.2. The normalized spacial score (nSPS) is 10.8. The van der Waals surface area contributed by atoms with E-state index in [0.29, 0.717) is 22.8 Å². The molecule has 0 saturated carbocycles. The van der Waals surface area contributed by atoms with Crippen molar-refractivity contribution in [1.29, 1.82) is 0 Å². The summed E-state index contributed by atoms with van der Waals surface area (Å²) < 4.78 is 19.3.